The van der Waals surface area contributed by atoms with Crippen molar-refractivity contribution < 1.29 is 16.8 Å². The minimum atomic E-state index is -3.67. The van der Waals surface area contributed by atoms with Crippen molar-refractivity contribution in [1.82, 2.24) is 24.1 Å². The highest BCUT2D eigenvalue weighted by Gasteiger charge is 2.36. The van der Waals surface area contributed by atoms with E-state index in [4.69, 9.17) is 0 Å². The molecule has 0 spiro atoms. The Morgan fingerprint density at radius 1 is 1.30 bits per heavy atom. The van der Waals surface area contributed by atoms with Gasteiger partial charge in [0.1, 0.15) is 4.90 Å². The summed E-state index contributed by atoms with van der Waals surface area (Å²) in [6.45, 7) is 0.509. The summed E-state index contributed by atoms with van der Waals surface area (Å²) in [6, 6.07) is 0. The zero-order chi connectivity index (χ0) is 16.8. The molecule has 1 atom stereocenters. The van der Waals surface area contributed by atoms with Crippen LogP contribution < -0.4 is 0 Å². The molecule has 0 unspecified atom stereocenters. The molecule has 9 nitrogen and oxygen atoms in total. The van der Waals surface area contributed by atoms with Crippen LogP contribution in [0.5, 0.6) is 0 Å². The second-order valence-corrected chi connectivity index (χ2v) is 9.52. The molecule has 0 aromatic carbocycles. The van der Waals surface area contributed by atoms with Gasteiger partial charge in [-0.25, -0.2) is 21.8 Å². The minimum Gasteiger partial charge on any atom is -0.339 e. The predicted molar refractivity (Wildman–Crippen MR) is 81.0 cm³/mol. The molecule has 126 valence electrons. The first-order chi connectivity index (χ1) is 10.7. The Balaban J connectivity index is 1.86. The van der Waals surface area contributed by atoms with E-state index in [2.05, 4.69) is 15.2 Å². The summed E-state index contributed by atoms with van der Waals surface area (Å²) in [4.78, 5) is 4.02. The van der Waals surface area contributed by atoms with Crippen molar-refractivity contribution in [3.05, 3.63) is 24.4 Å². The van der Waals surface area contributed by atoms with Crippen molar-refractivity contribution in [2.45, 2.75) is 22.3 Å². The Kier molecular flexibility index (Phi) is 3.81. The van der Waals surface area contributed by atoms with E-state index >= 15 is 0 Å². The van der Waals surface area contributed by atoms with Gasteiger partial charge in [0.2, 0.25) is 0 Å². The van der Waals surface area contributed by atoms with E-state index < -0.39 is 19.9 Å². The van der Waals surface area contributed by atoms with Crippen molar-refractivity contribution >= 4 is 19.9 Å². The molecule has 1 saturated heterocycles. The molecule has 0 bridgehead atoms. The quantitative estimate of drug-likeness (QED) is 0.802. The van der Waals surface area contributed by atoms with Crippen LogP contribution in [0.4, 0.5) is 0 Å². The highest BCUT2D eigenvalue weighted by molar-refractivity contribution is 7.90. The average Bonchev–Trinajstić information content (AvgIpc) is 3.17. The molecular weight excluding hydrogens is 342 g/mol. The van der Waals surface area contributed by atoms with Crippen molar-refractivity contribution in [1.29, 1.82) is 0 Å². The third-order valence-corrected chi connectivity index (χ3v) is 6.75. The van der Waals surface area contributed by atoms with Crippen molar-refractivity contribution in [2.24, 2.45) is 7.05 Å². The fourth-order valence-electron chi connectivity index (χ4n) is 2.71. The molecule has 1 aliphatic heterocycles. The number of imidazole rings is 1. The van der Waals surface area contributed by atoms with Gasteiger partial charge in [-0.05, 0) is 6.42 Å². The highest BCUT2D eigenvalue weighted by atomic mass is 32.2. The van der Waals surface area contributed by atoms with Crippen LogP contribution in [-0.2, 0) is 26.9 Å². The van der Waals surface area contributed by atoms with E-state index in [0.717, 1.165) is 6.26 Å². The van der Waals surface area contributed by atoms with Gasteiger partial charge < -0.3 is 4.57 Å². The topological polar surface area (TPSA) is 118 Å². The Morgan fingerprint density at radius 3 is 2.65 bits per heavy atom. The molecular formula is C12H17N5O4S2. The fourth-order valence-corrected chi connectivity index (χ4v) is 5.03. The maximum Gasteiger partial charge on any atom is 0.262 e. The number of nitrogens with zero attached hydrogens (tertiary/aromatic N) is 4. The van der Waals surface area contributed by atoms with Crippen LogP contribution in [0.3, 0.4) is 0 Å². The summed E-state index contributed by atoms with van der Waals surface area (Å²) in [6.07, 6.45) is 5.77. The van der Waals surface area contributed by atoms with Crippen LogP contribution >= 0.6 is 0 Å². The van der Waals surface area contributed by atoms with Gasteiger partial charge in [0.15, 0.2) is 14.9 Å². The lowest BCUT2D eigenvalue weighted by atomic mass is 10.1. The van der Waals surface area contributed by atoms with Crippen molar-refractivity contribution in [3.8, 4) is 0 Å². The van der Waals surface area contributed by atoms with E-state index in [1.807, 2.05) is 0 Å². The summed E-state index contributed by atoms with van der Waals surface area (Å²) in [5.74, 6) is -0.235. The summed E-state index contributed by atoms with van der Waals surface area (Å²) >= 11 is 0. The summed E-state index contributed by atoms with van der Waals surface area (Å²) in [7, 11) is -5.38. The van der Waals surface area contributed by atoms with Gasteiger partial charge in [-0.2, -0.15) is 9.40 Å². The third-order valence-electron chi connectivity index (χ3n) is 3.88. The second-order valence-electron chi connectivity index (χ2n) is 5.65. The molecule has 0 saturated carbocycles. The van der Waals surface area contributed by atoms with Crippen LogP contribution in [0.1, 0.15) is 18.0 Å². The Bertz CT molecular complexity index is 928. The standard InChI is InChI=1S/C12H17N5O4S2/c1-16-7-11(13-8-16)23(20,21)17-4-3-9(6-17)12-10(5-14-15-12)22(2,18)19/h5,7-9H,3-4,6H2,1-2H3,(H,14,15)/t9-/m0/s1. The molecule has 1 aliphatic rings. The number of rotatable bonds is 4. The zero-order valence-corrected chi connectivity index (χ0v) is 14.3. The summed E-state index contributed by atoms with van der Waals surface area (Å²) in [5.41, 5.74) is 0.464. The van der Waals surface area contributed by atoms with Gasteiger partial charge in [0, 0.05) is 38.5 Å². The van der Waals surface area contributed by atoms with E-state index in [1.165, 1.54) is 23.0 Å². The van der Waals surface area contributed by atoms with E-state index in [9.17, 15) is 16.8 Å². The van der Waals surface area contributed by atoms with Crippen LogP contribution in [0.25, 0.3) is 0 Å². The Labute approximate surface area is 134 Å². The van der Waals surface area contributed by atoms with E-state index in [0.29, 0.717) is 18.7 Å². The molecule has 11 heteroatoms. The third kappa shape index (κ3) is 2.91. The Morgan fingerprint density at radius 2 is 2.04 bits per heavy atom. The monoisotopic (exact) mass is 359 g/mol. The number of nitrogens with one attached hydrogen (secondary N) is 1. The van der Waals surface area contributed by atoms with Crippen LogP contribution in [-0.4, -0.2) is 60.2 Å². The van der Waals surface area contributed by atoms with Gasteiger partial charge in [-0.3, -0.25) is 5.10 Å². The second kappa shape index (κ2) is 5.42. The number of sulfone groups is 1. The molecule has 1 N–H and O–H groups in total. The van der Waals surface area contributed by atoms with Crippen molar-refractivity contribution in [3.63, 3.8) is 0 Å². The molecule has 0 radical (unpaired) electrons. The SMILES string of the molecule is Cn1cnc(S(=O)(=O)N2CC[C@H](c3[nH]ncc3S(C)(=O)=O)C2)c1. The minimum absolute atomic E-state index is 0.00593. The number of hydrogen-bond acceptors (Lipinski definition) is 6. The van der Waals surface area contributed by atoms with E-state index in [-0.39, 0.29) is 22.4 Å². The molecule has 2 aromatic heterocycles. The molecule has 0 amide bonds. The maximum absolute atomic E-state index is 12.6. The highest BCUT2D eigenvalue weighted by Crippen LogP contribution is 2.32. The van der Waals surface area contributed by atoms with Gasteiger partial charge in [-0.1, -0.05) is 0 Å². The lowest BCUT2D eigenvalue weighted by molar-refractivity contribution is 0.469. The first kappa shape index (κ1) is 16.1. The van der Waals surface area contributed by atoms with Crippen LogP contribution in [0.15, 0.2) is 28.6 Å². The molecule has 23 heavy (non-hydrogen) atoms. The molecule has 2 aromatic rings. The average molecular weight is 359 g/mol. The number of aromatic amines is 1. The van der Waals surface area contributed by atoms with Crippen LogP contribution in [0, 0.1) is 0 Å². The van der Waals surface area contributed by atoms with Crippen molar-refractivity contribution in [2.75, 3.05) is 19.3 Å². The molecule has 3 rings (SSSR count). The number of hydrogen-bond donors (Lipinski definition) is 1. The van der Waals surface area contributed by atoms with Crippen LogP contribution in [0.2, 0.25) is 0 Å². The summed E-state index contributed by atoms with van der Waals surface area (Å²) in [5, 5.41) is 6.49. The number of aromatic nitrogens is 4. The lowest BCUT2D eigenvalue weighted by Crippen LogP contribution is -2.29. The molecule has 0 aliphatic carbocycles. The van der Waals surface area contributed by atoms with Gasteiger partial charge in [0.25, 0.3) is 10.0 Å². The lowest BCUT2D eigenvalue weighted by Gasteiger charge is -2.14. The summed E-state index contributed by atoms with van der Waals surface area (Å²) < 4.78 is 51.5. The number of sulfonamides is 1. The molecule has 1 fully saturated rings. The normalized spacial score (nSPS) is 20.2. The molecule has 3 heterocycles. The van der Waals surface area contributed by atoms with Gasteiger partial charge in [-0.15, -0.1) is 0 Å². The van der Waals surface area contributed by atoms with Gasteiger partial charge >= 0.3 is 0 Å². The first-order valence-corrected chi connectivity index (χ1v) is 10.2. The Hall–Kier alpha value is -1.72. The zero-order valence-electron chi connectivity index (χ0n) is 12.7. The largest absolute Gasteiger partial charge is 0.339 e. The first-order valence-electron chi connectivity index (χ1n) is 6.91. The van der Waals surface area contributed by atoms with Gasteiger partial charge in [0.05, 0.1) is 18.2 Å². The van der Waals surface area contributed by atoms with E-state index in [1.54, 1.807) is 11.6 Å². The number of H-pyrrole nitrogens is 1. The predicted octanol–water partition coefficient (Wildman–Crippen LogP) is -0.275. The smallest absolute Gasteiger partial charge is 0.262 e. The maximum atomic E-state index is 12.6. The fraction of sp³-hybridized carbons (Fsp3) is 0.500. The number of aryl methyl sites for hydroxylation is 1.